The monoisotopic (exact) mass is 675 g/mol. The van der Waals surface area contributed by atoms with Crippen molar-refractivity contribution in [2.45, 2.75) is 0 Å². The topological polar surface area (TPSA) is 30.7 Å². The summed E-state index contributed by atoms with van der Waals surface area (Å²) in [4.78, 5) is 10.5. The normalized spacial score (nSPS) is 11.4. The van der Waals surface area contributed by atoms with Crippen LogP contribution in [0.3, 0.4) is 0 Å². The van der Waals surface area contributed by atoms with Gasteiger partial charge in [-0.2, -0.15) is 0 Å². The maximum absolute atomic E-state index is 5.28. The van der Waals surface area contributed by atoms with Crippen LogP contribution in [0.2, 0.25) is 0 Å². The molecule has 10 aromatic rings. The summed E-state index contributed by atoms with van der Waals surface area (Å²) in [6, 6.07) is 70.8. The molecule has 2 aromatic heterocycles. The number of fused-ring (bicyclic) bond motifs is 3. The summed E-state index contributed by atoms with van der Waals surface area (Å²) in [5.41, 5.74) is 13.0. The maximum atomic E-state index is 5.28. The number of pyridine rings is 1. The average molecular weight is 676 g/mol. The number of aromatic nitrogens is 3. The summed E-state index contributed by atoms with van der Waals surface area (Å²) in [5, 5.41) is 4.92. The molecule has 10 rings (SSSR count). The highest BCUT2D eigenvalue weighted by Crippen LogP contribution is 2.44. The number of hydrogen-bond acceptors (Lipinski definition) is 2. The third kappa shape index (κ3) is 5.38. The number of imidazole rings is 1. The molecule has 53 heavy (non-hydrogen) atoms. The molecule has 248 valence electrons. The van der Waals surface area contributed by atoms with E-state index in [4.69, 9.17) is 9.97 Å². The van der Waals surface area contributed by atoms with Gasteiger partial charge in [0, 0.05) is 22.4 Å². The van der Waals surface area contributed by atoms with Crippen LogP contribution in [0.25, 0.3) is 94.4 Å². The standard InChI is InChI=1S/C50H33N3/c1-5-16-34(17-6-1)48-40-24-13-14-25-41(40)49(35-18-7-2-8-19-35)43-32-37(28-30-42(43)48)44-26-15-27-45(51-44)38-29-31-47-46(33-38)52-50(36-20-9-3-10-21-36)53(47)39-22-11-4-12-23-39/h1-33H. The van der Waals surface area contributed by atoms with Crippen molar-refractivity contribution in [3.05, 3.63) is 200 Å². The maximum Gasteiger partial charge on any atom is 0.145 e. The van der Waals surface area contributed by atoms with Crippen molar-refractivity contribution in [2.75, 3.05) is 0 Å². The second-order valence-corrected chi connectivity index (χ2v) is 13.4. The average Bonchev–Trinajstić information content (AvgIpc) is 3.63. The van der Waals surface area contributed by atoms with Gasteiger partial charge in [-0.25, -0.2) is 9.97 Å². The van der Waals surface area contributed by atoms with Crippen LogP contribution in [0, 0.1) is 0 Å². The Bertz CT molecular complexity index is 2910. The Kier molecular flexibility index (Phi) is 7.47. The van der Waals surface area contributed by atoms with Gasteiger partial charge < -0.3 is 0 Å². The Morgan fingerprint density at radius 3 is 1.43 bits per heavy atom. The Morgan fingerprint density at radius 2 is 0.811 bits per heavy atom. The van der Waals surface area contributed by atoms with Crippen LogP contribution in [-0.2, 0) is 0 Å². The first-order valence-electron chi connectivity index (χ1n) is 18.0. The molecule has 0 aliphatic rings. The van der Waals surface area contributed by atoms with Gasteiger partial charge in [0.25, 0.3) is 0 Å². The molecule has 0 radical (unpaired) electrons. The van der Waals surface area contributed by atoms with Crippen molar-refractivity contribution in [1.82, 2.24) is 14.5 Å². The van der Waals surface area contributed by atoms with Gasteiger partial charge in [-0.05, 0) is 86.3 Å². The molecule has 3 nitrogen and oxygen atoms in total. The predicted octanol–water partition coefficient (Wildman–Crippen LogP) is 13.1. The quantitative estimate of drug-likeness (QED) is 0.164. The lowest BCUT2D eigenvalue weighted by Gasteiger charge is -2.18. The Labute approximate surface area is 308 Å². The molecular formula is C50H33N3. The number of benzene rings is 8. The lowest BCUT2D eigenvalue weighted by atomic mass is 9.85. The summed E-state index contributed by atoms with van der Waals surface area (Å²) in [6.45, 7) is 0. The minimum Gasteiger partial charge on any atom is -0.292 e. The summed E-state index contributed by atoms with van der Waals surface area (Å²) < 4.78 is 2.24. The molecule has 0 atom stereocenters. The largest absolute Gasteiger partial charge is 0.292 e. The Balaban J connectivity index is 1.14. The lowest BCUT2D eigenvalue weighted by molar-refractivity contribution is 1.10. The molecule has 0 bridgehead atoms. The van der Waals surface area contributed by atoms with Crippen LogP contribution in [0.5, 0.6) is 0 Å². The van der Waals surface area contributed by atoms with E-state index in [1.165, 1.54) is 43.8 Å². The molecule has 0 fully saturated rings. The summed E-state index contributed by atoms with van der Waals surface area (Å²) in [6.07, 6.45) is 0. The van der Waals surface area contributed by atoms with Crippen LogP contribution in [-0.4, -0.2) is 14.5 Å². The Hall–Kier alpha value is -7.10. The van der Waals surface area contributed by atoms with Crippen LogP contribution < -0.4 is 0 Å². The van der Waals surface area contributed by atoms with E-state index in [1.807, 2.05) is 12.1 Å². The molecule has 2 heterocycles. The van der Waals surface area contributed by atoms with Crippen molar-refractivity contribution in [3.63, 3.8) is 0 Å². The van der Waals surface area contributed by atoms with E-state index in [0.717, 1.165) is 50.6 Å². The number of rotatable bonds is 6. The minimum absolute atomic E-state index is 0.909. The van der Waals surface area contributed by atoms with Crippen LogP contribution in [0.1, 0.15) is 0 Å². The van der Waals surface area contributed by atoms with E-state index in [0.29, 0.717) is 0 Å². The SMILES string of the molecule is c1ccc(-c2c3ccccc3c(-c3ccccc3)c3cc(-c4cccc(-c5ccc6c(c5)nc(-c5ccccc5)n6-c5ccccc5)n4)ccc23)cc1. The third-order valence-corrected chi connectivity index (χ3v) is 10.2. The van der Waals surface area contributed by atoms with E-state index in [1.54, 1.807) is 0 Å². The summed E-state index contributed by atoms with van der Waals surface area (Å²) >= 11 is 0. The van der Waals surface area contributed by atoms with Gasteiger partial charge in [-0.3, -0.25) is 4.57 Å². The zero-order valence-corrected chi connectivity index (χ0v) is 28.9. The lowest BCUT2D eigenvalue weighted by Crippen LogP contribution is -1.97. The van der Waals surface area contributed by atoms with Crippen molar-refractivity contribution in [1.29, 1.82) is 0 Å². The Morgan fingerprint density at radius 1 is 0.321 bits per heavy atom. The molecular weight excluding hydrogens is 643 g/mol. The third-order valence-electron chi connectivity index (χ3n) is 10.2. The van der Waals surface area contributed by atoms with E-state index in [9.17, 15) is 0 Å². The highest BCUT2D eigenvalue weighted by molar-refractivity contribution is 6.21. The van der Waals surface area contributed by atoms with E-state index in [2.05, 4.69) is 193 Å². The molecule has 0 aliphatic carbocycles. The first-order chi connectivity index (χ1) is 26.3. The second-order valence-electron chi connectivity index (χ2n) is 13.4. The van der Waals surface area contributed by atoms with Gasteiger partial charge >= 0.3 is 0 Å². The molecule has 3 heteroatoms. The van der Waals surface area contributed by atoms with E-state index >= 15 is 0 Å². The molecule has 0 aliphatic heterocycles. The van der Waals surface area contributed by atoms with Crippen molar-refractivity contribution >= 4 is 32.6 Å². The zero-order valence-electron chi connectivity index (χ0n) is 28.9. The van der Waals surface area contributed by atoms with Crippen LogP contribution in [0.15, 0.2) is 200 Å². The van der Waals surface area contributed by atoms with Crippen molar-refractivity contribution in [2.24, 2.45) is 0 Å². The fourth-order valence-corrected chi connectivity index (χ4v) is 7.78. The smallest absolute Gasteiger partial charge is 0.145 e. The van der Waals surface area contributed by atoms with Crippen molar-refractivity contribution < 1.29 is 0 Å². The molecule has 0 saturated heterocycles. The molecule has 0 saturated carbocycles. The number of para-hydroxylation sites is 1. The highest BCUT2D eigenvalue weighted by atomic mass is 15.1. The summed E-state index contributed by atoms with van der Waals surface area (Å²) in [5.74, 6) is 0.915. The zero-order chi connectivity index (χ0) is 35.1. The molecule has 8 aromatic carbocycles. The fourth-order valence-electron chi connectivity index (χ4n) is 7.78. The number of hydrogen-bond donors (Lipinski definition) is 0. The molecule has 0 spiro atoms. The second kappa shape index (κ2) is 12.9. The van der Waals surface area contributed by atoms with Gasteiger partial charge in [0.15, 0.2) is 0 Å². The summed E-state index contributed by atoms with van der Waals surface area (Å²) in [7, 11) is 0. The molecule has 0 unspecified atom stereocenters. The van der Waals surface area contributed by atoms with Crippen LogP contribution in [0.4, 0.5) is 0 Å². The first-order valence-corrected chi connectivity index (χ1v) is 18.0. The molecule has 0 amide bonds. The van der Waals surface area contributed by atoms with E-state index in [-0.39, 0.29) is 0 Å². The van der Waals surface area contributed by atoms with E-state index < -0.39 is 0 Å². The van der Waals surface area contributed by atoms with Gasteiger partial charge in [-0.15, -0.1) is 0 Å². The first kappa shape index (κ1) is 30.7. The van der Waals surface area contributed by atoms with Gasteiger partial charge in [0.05, 0.1) is 22.4 Å². The van der Waals surface area contributed by atoms with Crippen LogP contribution >= 0.6 is 0 Å². The van der Waals surface area contributed by atoms with Gasteiger partial charge in [0.1, 0.15) is 5.82 Å². The van der Waals surface area contributed by atoms with Gasteiger partial charge in [-0.1, -0.05) is 158 Å². The predicted molar refractivity (Wildman–Crippen MR) is 221 cm³/mol. The molecule has 0 N–H and O–H groups in total. The van der Waals surface area contributed by atoms with Gasteiger partial charge in [0.2, 0.25) is 0 Å². The number of nitrogens with zero attached hydrogens (tertiary/aromatic N) is 3. The fraction of sp³-hybridized carbons (Fsp3) is 0. The minimum atomic E-state index is 0.909. The van der Waals surface area contributed by atoms with Crippen molar-refractivity contribution in [3.8, 4) is 61.8 Å². The highest BCUT2D eigenvalue weighted by Gasteiger charge is 2.19.